The second-order valence-corrected chi connectivity index (χ2v) is 7.69. The monoisotopic (exact) mass is 403 g/mol. The Bertz CT molecular complexity index is 1080. The van der Waals surface area contributed by atoms with Gasteiger partial charge in [-0.1, -0.05) is 66.2 Å². The fourth-order valence-electron chi connectivity index (χ4n) is 3.48. The van der Waals surface area contributed by atoms with Crippen LogP contribution in [0.5, 0.6) is 0 Å². The van der Waals surface area contributed by atoms with Gasteiger partial charge in [0.15, 0.2) is 0 Å². The average molecular weight is 404 g/mol. The number of fused-ring (bicyclic) bond motifs is 1. The first-order valence-corrected chi connectivity index (χ1v) is 9.89. The van der Waals surface area contributed by atoms with Crippen molar-refractivity contribution in [3.63, 3.8) is 0 Å². The van der Waals surface area contributed by atoms with Crippen LogP contribution in [0.2, 0.25) is 5.02 Å². The van der Waals surface area contributed by atoms with Crippen LogP contribution in [0.4, 0.5) is 11.4 Å². The molecular formula is C24H22ClN3O. The minimum Gasteiger partial charge on any atom is -0.293 e. The van der Waals surface area contributed by atoms with Crippen LogP contribution in [0, 0.1) is 6.92 Å². The highest BCUT2D eigenvalue weighted by molar-refractivity contribution is 6.54. The van der Waals surface area contributed by atoms with Crippen LogP contribution >= 0.6 is 11.6 Å². The molecule has 0 radical (unpaired) electrons. The van der Waals surface area contributed by atoms with Crippen LogP contribution < -0.4 is 4.90 Å². The van der Waals surface area contributed by atoms with E-state index in [0.717, 1.165) is 23.4 Å². The van der Waals surface area contributed by atoms with Crippen molar-refractivity contribution in [3.8, 4) is 0 Å². The van der Waals surface area contributed by atoms with Gasteiger partial charge in [-0.2, -0.15) is 0 Å². The molecule has 0 spiro atoms. The Morgan fingerprint density at radius 1 is 1.00 bits per heavy atom. The number of carbonyl (C=O) groups is 1. The molecule has 4 rings (SSSR count). The Morgan fingerprint density at radius 2 is 1.72 bits per heavy atom. The summed E-state index contributed by atoms with van der Waals surface area (Å²) in [5, 5.41) is 0.644. The highest BCUT2D eigenvalue weighted by atomic mass is 35.5. The van der Waals surface area contributed by atoms with E-state index < -0.39 is 0 Å². The molecular weight excluding hydrogens is 382 g/mol. The molecule has 0 aliphatic carbocycles. The van der Waals surface area contributed by atoms with Crippen LogP contribution in [0.25, 0.3) is 0 Å². The molecule has 0 saturated heterocycles. The third-order valence-electron chi connectivity index (χ3n) is 4.97. The molecule has 1 aliphatic heterocycles. The quantitative estimate of drug-likeness (QED) is 0.586. The van der Waals surface area contributed by atoms with Crippen LogP contribution in [-0.2, 0) is 11.3 Å². The average Bonchev–Trinajstić information content (AvgIpc) is 2.97. The van der Waals surface area contributed by atoms with Crippen molar-refractivity contribution in [1.82, 2.24) is 4.90 Å². The second-order valence-electron chi connectivity index (χ2n) is 7.29. The lowest BCUT2D eigenvalue weighted by Gasteiger charge is -2.24. The van der Waals surface area contributed by atoms with Gasteiger partial charge >= 0.3 is 0 Å². The maximum Gasteiger partial charge on any atom is 0.278 e. The minimum absolute atomic E-state index is 0.0946. The number of aryl methyl sites for hydroxylation is 1. The highest BCUT2D eigenvalue weighted by Crippen LogP contribution is 2.31. The molecule has 5 heteroatoms. The normalized spacial score (nSPS) is 14.7. The molecule has 1 amide bonds. The number of nitrogens with zero attached hydrogens (tertiary/aromatic N) is 3. The van der Waals surface area contributed by atoms with E-state index in [0.29, 0.717) is 23.1 Å². The first-order valence-electron chi connectivity index (χ1n) is 9.51. The molecule has 0 fully saturated rings. The topological polar surface area (TPSA) is 35.9 Å². The molecule has 0 saturated carbocycles. The largest absolute Gasteiger partial charge is 0.293 e. The molecule has 3 aromatic rings. The lowest BCUT2D eigenvalue weighted by atomic mass is 10.1. The van der Waals surface area contributed by atoms with Crippen molar-refractivity contribution in [2.75, 3.05) is 18.6 Å². The molecule has 0 aromatic heterocycles. The van der Waals surface area contributed by atoms with E-state index in [4.69, 9.17) is 11.6 Å². The number of benzene rings is 3. The summed E-state index contributed by atoms with van der Waals surface area (Å²) in [5.41, 5.74) is 5.06. The number of carbonyl (C=O) groups excluding carboxylic acids is 1. The van der Waals surface area contributed by atoms with Crippen molar-refractivity contribution in [3.05, 3.63) is 94.5 Å². The summed E-state index contributed by atoms with van der Waals surface area (Å²) in [6, 6.07) is 23.6. The van der Waals surface area contributed by atoms with E-state index in [9.17, 15) is 4.79 Å². The molecule has 0 N–H and O–H groups in total. The fraction of sp³-hybridized carbons (Fsp3) is 0.167. The van der Waals surface area contributed by atoms with Gasteiger partial charge in [0.25, 0.3) is 5.91 Å². The van der Waals surface area contributed by atoms with E-state index in [2.05, 4.69) is 22.0 Å². The number of aliphatic imine (C=N–C) groups is 1. The molecule has 146 valence electrons. The zero-order valence-electron chi connectivity index (χ0n) is 16.5. The Balaban J connectivity index is 1.62. The van der Waals surface area contributed by atoms with Crippen LogP contribution in [-0.4, -0.2) is 30.2 Å². The van der Waals surface area contributed by atoms with E-state index in [1.54, 1.807) is 11.0 Å². The summed E-state index contributed by atoms with van der Waals surface area (Å²) in [5.74, 6) is -0.0946. The second kappa shape index (κ2) is 8.19. The third kappa shape index (κ3) is 4.09. The van der Waals surface area contributed by atoms with E-state index >= 15 is 0 Å². The molecule has 0 bridgehead atoms. The van der Waals surface area contributed by atoms with Crippen LogP contribution in [0.3, 0.4) is 0 Å². The van der Waals surface area contributed by atoms with Gasteiger partial charge in [-0.05, 0) is 43.3 Å². The zero-order valence-corrected chi connectivity index (χ0v) is 17.2. The van der Waals surface area contributed by atoms with Gasteiger partial charge in [-0.25, -0.2) is 4.99 Å². The Hall–Kier alpha value is -2.95. The number of rotatable bonds is 5. The van der Waals surface area contributed by atoms with E-state index in [-0.39, 0.29) is 5.91 Å². The molecule has 0 atom stereocenters. The van der Waals surface area contributed by atoms with Gasteiger partial charge in [0.05, 0.1) is 18.0 Å². The van der Waals surface area contributed by atoms with Crippen molar-refractivity contribution in [1.29, 1.82) is 0 Å². The molecule has 1 heterocycles. The maximum atomic E-state index is 13.2. The Morgan fingerprint density at radius 3 is 2.48 bits per heavy atom. The van der Waals surface area contributed by atoms with E-state index in [1.807, 2.05) is 68.6 Å². The summed E-state index contributed by atoms with van der Waals surface area (Å²) in [6.07, 6.45) is 0. The number of para-hydroxylation sites is 1. The predicted molar refractivity (Wildman–Crippen MR) is 119 cm³/mol. The van der Waals surface area contributed by atoms with Gasteiger partial charge in [-0.15, -0.1) is 0 Å². The van der Waals surface area contributed by atoms with Crippen molar-refractivity contribution in [2.24, 2.45) is 4.99 Å². The van der Waals surface area contributed by atoms with Gasteiger partial charge in [-0.3, -0.25) is 14.6 Å². The number of hydrogen-bond donors (Lipinski definition) is 0. The fourth-order valence-corrected chi connectivity index (χ4v) is 3.65. The van der Waals surface area contributed by atoms with Gasteiger partial charge in [0, 0.05) is 17.1 Å². The van der Waals surface area contributed by atoms with Crippen LogP contribution in [0.1, 0.15) is 16.7 Å². The number of anilines is 1. The lowest BCUT2D eigenvalue weighted by molar-refractivity contribution is -0.112. The molecule has 1 aliphatic rings. The summed E-state index contributed by atoms with van der Waals surface area (Å²) < 4.78 is 0. The Labute approximate surface area is 176 Å². The summed E-state index contributed by atoms with van der Waals surface area (Å²) in [4.78, 5) is 21.8. The van der Waals surface area contributed by atoms with Crippen LogP contribution in [0.15, 0.2) is 77.8 Å². The molecule has 29 heavy (non-hydrogen) atoms. The lowest BCUT2D eigenvalue weighted by Crippen LogP contribution is -2.39. The number of hydrogen-bond acceptors (Lipinski definition) is 3. The molecule has 0 unspecified atom stereocenters. The molecule has 4 nitrogen and oxygen atoms in total. The van der Waals surface area contributed by atoms with Crippen molar-refractivity contribution < 1.29 is 4.79 Å². The summed E-state index contributed by atoms with van der Waals surface area (Å²) in [6.45, 7) is 3.19. The first kappa shape index (κ1) is 19.4. The number of halogens is 1. The standard InChI is InChI=1S/C24H22ClN3O/c1-17-12-13-19(14-21(17)25)26-23-20-10-6-7-11-22(20)28(24(23)29)16-27(2)15-18-8-4-3-5-9-18/h3-14H,15-16H2,1-2H3. The number of amides is 1. The third-order valence-corrected chi connectivity index (χ3v) is 5.38. The SMILES string of the molecule is Cc1ccc(N=C2C(=O)N(CN(C)Cc3ccccc3)c3ccccc32)cc1Cl. The van der Waals surface area contributed by atoms with Gasteiger partial charge < -0.3 is 0 Å². The zero-order chi connectivity index (χ0) is 20.4. The van der Waals surface area contributed by atoms with Gasteiger partial charge in [0.2, 0.25) is 0 Å². The summed E-state index contributed by atoms with van der Waals surface area (Å²) >= 11 is 6.24. The first-order chi connectivity index (χ1) is 14.0. The van der Waals surface area contributed by atoms with Gasteiger partial charge in [0.1, 0.15) is 5.71 Å². The van der Waals surface area contributed by atoms with E-state index in [1.165, 1.54) is 5.56 Å². The minimum atomic E-state index is -0.0946. The summed E-state index contributed by atoms with van der Waals surface area (Å²) in [7, 11) is 2.01. The van der Waals surface area contributed by atoms with Crippen molar-refractivity contribution >= 4 is 34.6 Å². The highest BCUT2D eigenvalue weighted by Gasteiger charge is 2.34. The Kier molecular flexibility index (Phi) is 5.47. The molecule has 3 aromatic carbocycles. The van der Waals surface area contributed by atoms with Crippen molar-refractivity contribution in [2.45, 2.75) is 13.5 Å². The maximum absolute atomic E-state index is 13.2. The smallest absolute Gasteiger partial charge is 0.278 e. The predicted octanol–water partition coefficient (Wildman–Crippen LogP) is 5.21.